The van der Waals surface area contributed by atoms with Crippen LogP contribution < -0.4 is 5.32 Å². The van der Waals surface area contributed by atoms with Crippen molar-refractivity contribution in [3.8, 4) is 0 Å². The number of carbonyl (C=O) groups excluding carboxylic acids is 1. The molecule has 0 aliphatic rings. The van der Waals surface area contributed by atoms with Gasteiger partial charge in [-0.05, 0) is 71.2 Å². The van der Waals surface area contributed by atoms with Gasteiger partial charge in [0.2, 0.25) is 0 Å². The van der Waals surface area contributed by atoms with Gasteiger partial charge >= 0.3 is 0 Å². The summed E-state index contributed by atoms with van der Waals surface area (Å²) in [5.41, 5.74) is 2.31. The maximum absolute atomic E-state index is 13.2. The maximum Gasteiger partial charge on any atom is 0.255 e. The monoisotopic (exact) mass is 355 g/mol. The van der Waals surface area contributed by atoms with Crippen molar-refractivity contribution >= 4 is 39.1 Å². The summed E-state index contributed by atoms with van der Waals surface area (Å²) in [6, 6.07) is 7.74. The molecule has 0 saturated carbocycles. The molecule has 2 aromatic rings. The van der Waals surface area contributed by atoms with Crippen LogP contribution in [-0.2, 0) is 0 Å². The van der Waals surface area contributed by atoms with E-state index in [1.807, 2.05) is 13.0 Å². The lowest BCUT2D eigenvalue weighted by molar-refractivity contribution is 0.102. The number of aryl methyl sites for hydroxylation is 2. The molecule has 5 heteroatoms. The zero-order valence-corrected chi connectivity index (χ0v) is 13.3. The Kier molecular flexibility index (Phi) is 4.45. The molecule has 0 aliphatic heterocycles. The molecule has 1 amide bonds. The van der Waals surface area contributed by atoms with Crippen LogP contribution in [0.15, 0.2) is 34.8 Å². The summed E-state index contributed by atoms with van der Waals surface area (Å²) in [4.78, 5) is 12.1. The highest BCUT2D eigenvalue weighted by molar-refractivity contribution is 9.10. The second-order valence-electron chi connectivity index (χ2n) is 4.50. The van der Waals surface area contributed by atoms with E-state index >= 15 is 0 Å². The fourth-order valence-corrected chi connectivity index (χ4v) is 2.44. The third-order valence-electron chi connectivity index (χ3n) is 2.92. The summed E-state index contributed by atoms with van der Waals surface area (Å²) in [5, 5.41) is 3.32. The number of rotatable bonds is 2. The van der Waals surface area contributed by atoms with Crippen LogP contribution in [-0.4, -0.2) is 5.91 Å². The lowest BCUT2D eigenvalue weighted by Crippen LogP contribution is -2.12. The van der Waals surface area contributed by atoms with Gasteiger partial charge in [-0.1, -0.05) is 11.6 Å². The highest BCUT2D eigenvalue weighted by atomic mass is 79.9. The van der Waals surface area contributed by atoms with Crippen LogP contribution in [0.2, 0.25) is 5.02 Å². The first-order valence-corrected chi connectivity index (χ1v) is 7.08. The van der Waals surface area contributed by atoms with Gasteiger partial charge in [-0.15, -0.1) is 0 Å². The van der Waals surface area contributed by atoms with Gasteiger partial charge in [-0.2, -0.15) is 0 Å². The van der Waals surface area contributed by atoms with Crippen LogP contribution >= 0.6 is 27.5 Å². The van der Waals surface area contributed by atoms with E-state index in [4.69, 9.17) is 11.6 Å². The van der Waals surface area contributed by atoms with Crippen molar-refractivity contribution < 1.29 is 9.18 Å². The number of hydrogen-bond acceptors (Lipinski definition) is 1. The average Bonchev–Trinajstić information content (AvgIpc) is 2.39. The quantitative estimate of drug-likeness (QED) is 0.796. The number of hydrogen-bond donors (Lipinski definition) is 1. The summed E-state index contributed by atoms with van der Waals surface area (Å²) >= 11 is 9.41. The molecule has 0 heterocycles. The first-order valence-electron chi connectivity index (χ1n) is 5.91. The van der Waals surface area contributed by atoms with E-state index in [0.29, 0.717) is 21.8 Å². The van der Waals surface area contributed by atoms with Gasteiger partial charge in [-0.25, -0.2) is 4.39 Å². The zero-order valence-electron chi connectivity index (χ0n) is 10.9. The molecule has 20 heavy (non-hydrogen) atoms. The molecule has 0 aromatic heterocycles. The Morgan fingerprint density at radius 1 is 1.20 bits per heavy atom. The van der Waals surface area contributed by atoms with E-state index in [0.717, 1.165) is 10.0 Å². The minimum atomic E-state index is -0.332. The minimum Gasteiger partial charge on any atom is -0.321 e. The van der Waals surface area contributed by atoms with E-state index in [2.05, 4.69) is 21.2 Å². The summed E-state index contributed by atoms with van der Waals surface area (Å²) in [6.45, 7) is 3.49. The van der Waals surface area contributed by atoms with Crippen LogP contribution in [0.3, 0.4) is 0 Å². The van der Waals surface area contributed by atoms with Gasteiger partial charge in [0.1, 0.15) is 5.82 Å². The van der Waals surface area contributed by atoms with Gasteiger partial charge in [-0.3, -0.25) is 4.79 Å². The lowest BCUT2D eigenvalue weighted by Gasteiger charge is -2.10. The highest BCUT2D eigenvalue weighted by Crippen LogP contribution is 2.29. The number of amides is 1. The molecule has 2 nitrogen and oxygen atoms in total. The molecule has 104 valence electrons. The van der Waals surface area contributed by atoms with E-state index < -0.39 is 0 Å². The van der Waals surface area contributed by atoms with E-state index in [1.54, 1.807) is 13.0 Å². The Hall–Kier alpha value is -1.39. The SMILES string of the molecule is Cc1cc(C(=O)Nc2cc(Cl)c(C)cc2Br)ccc1F. The maximum atomic E-state index is 13.2. The molecule has 0 radical (unpaired) electrons. The minimum absolute atomic E-state index is 0.311. The summed E-state index contributed by atoms with van der Waals surface area (Å²) in [7, 11) is 0. The van der Waals surface area contributed by atoms with Gasteiger partial charge < -0.3 is 5.32 Å². The van der Waals surface area contributed by atoms with E-state index in [9.17, 15) is 9.18 Å². The molecular weight excluding hydrogens is 345 g/mol. The van der Waals surface area contributed by atoms with Gasteiger partial charge in [0.15, 0.2) is 0 Å². The predicted molar refractivity (Wildman–Crippen MR) is 83.0 cm³/mol. The van der Waals surface area contributed by atoms with E-state index in [-0.39, 0.29) is 11.7 Å². The normalized spacial score (nSPS) is 10.4. The van der Waals surface area contributed by atoms with E-state index in [1.165, 1.54) is 18.2 Å². The molecule has 0 fully saturated rings. The highest BCUT2D eigenvalue weighted by Gasteiger charge is 2.11. The lowest BCUT2D eigenvalue weighted by atomic mass is 10.1. The van der Waals surface area contributed by atoms with Crippen molar-refractivity contribution in [2.24, 2.45) is 0 Å². The first kappa shape index (κ1) is 15.0. The molecule has 0 spiro atoms. The van der Waals surface area contributed by atoms with Gasteiger partial charge in [0, 0.05) is 15.1 Å². The Bertz CT molecular complexity index is 688. The van der Waals surface area contributed by atoms with Crippen LogP contribution in [0.1, 0.15) is 21.5 Å². The predicted octanol–water partition coefficient (Wildman–Crippen LogP) is 5.11. The Labute approximate surface area is 130 Å². The summed E-state index contributed by atoms with van der Waals surface area (Å²) in [6.07, 6.45) is 0. The first-order chi connectivity index (χ1) is 9.38. The molecule has 2 aromatic carbocycles. The van der Waals surface area contributed by atoms with Crippen molar-refractivity contribution in [2.75, 3.05) is 5.32 Å². The van der Waals surface area contributed by atoms with Crippen molar-refractivity contribution in [1.29, 1.82) is 0 Å². The fourth-order valence-electron chi connectivity index (χ4n) is 1.72. The largest absolute Gasteiger partial charge is 0.321 e. The Morgan fingerprint density at radius 3 is 2.55 bits per heavy atom. The fraction of sp³-hybridized carbons (Fsp3) is 0.133. The van der Waals surface area contributed by atoms with Crippen molar-refractivity contribution in [3.63, 3.8) is 0 Å². The number of nitrogens with one attached hydrogen (secondary N) is 1. The zero-order chi connectivity index (χ0) is 14.9. The Balaban J connectivity index is 2.27. The molecule has 2 rings (SSSR count). The second-order valence-corrected chi connectivity index (χ2v) is 5.76. The van der Waals surface area contributed by atoms with Crippen LogP contribution in [0, 0.1) is 19.7 Å². The van der Waals surface area contributed by atoms with Crippen LogP contribution in [0.5, 0.6) is 0 Å². The third kappa shape index (κ3) is 3.19. The molecule has 0 saturated heterocycles. The average molecular weight is 357 g/mol. The van der Waals surface area contributed by atoms with Crippen LogP contribution in [0.4, 0.5) is 10.1 Å². The van der Waals surface area contributed by atoms with Crippen molar-refractivity contribution in [2.45, 2.75) is 13.8 Å². The molecule has 0 aliphatic carbocycles. The topological polar surface area (TPSA) is 29.1 Å². The number of benzene rings is 2. The summed E-state index contributed by atoms with van der Waals surface area (Å²) < 4.78 is 13.9. The number of halogens is 3. The number of anilines is 1. The summed E-state index contributed by atoms with van der Waals surface area (Å²) in [5.74, 6) is -0.644. The molecule has 0 atom stereocenters. The van der Waals surface area contributed by atoms with Gasteiger partial charge in [0.25, 0.3) is 5.91 Å². The van der Waals surface area contributed by atoms with Gasteiger partial charge in [0.05, 0.1) is 5.69 Å². The van der Waals surface area contributed by atoms with Crippen molar-refractivity contribution in [1.82, 2.24) is 0 Å². The molecule has 1 N–H and O–H groups in total. The molecular formula is C15H12BrClFNO. The molecule has 0 unspecified atom stereocenters. The van der Waals surface area contributed by atoms with Crippen molar-refractivity contribution in [3.05, 3.63) is 62.3 Å². The standard InChI is InChI=1S/C15H12BrClFNO/c1-8-6-11(16)14(7-12(8)17)19-15(20)10-3-4-13(18)9(2)5-10/h3-7H,1-2H3,(H,19,20). The number of carbonyl (C=O) groups is 1. The third-order valence-corrected chi connectivity index (χ3v) is 3.98. The smallest absolute Gasteiger partial charge is 0.255 e. The molecule has 0 bridgehead atoms. The Morgan fingerprint density at radius 2 is 1.90 bits per heavy atom. The van der Waals surface area contributed by atoms with Crippen LogP contribution in [0.25, 0.3) is 0 Å². The second kappa shape index (κ2) is 5.94.